The molecule has 3 rings (SSSR count). The third-order valence-corrected chi connectivity index (χ3v) is 4.58. The van der Waals surface area contributed by atoms with Crippen LogP contribution in [0.25, 0.3) is 0 Å². The number of anilines is 1. The third kappa shape index (κ3) is 2.46. The van der Waals surface area contributed by atoms with E-state index in [1.807, 2.05) is 26.0 Å². The van der Waals surface area contributed by atoms with Gasteiger partial charge in [-0.3, -0.25) is 4.79 Å². The Morgan fingerprint density at radius 1 is 1.40 bits per heavy atom. The van der Waals surface area contributed by atoms with Gasteiger partial charge in [-0.05, 0) is 44.0 Å². The summed E-state index contributed by atoms with van der Waals surface area (Å²) in [6.07, 6.45) is 1.01. The van der Waals surface area contributed by atoms with E-state index >= 15 is 0 Å². The molecule has 1 aromatic carbocycles. The Kier molecular flexibility index (Phi) is 3.54. The number of hydrogen-bond donors (Lipinski definition) is 2. The van der Waals surface area contributed by atoms with Crippen molar-refractivity contribution in [3.8, 4) is 0 Å². The maximum absolute atomic E-state index is 12.4. The molecule has 0 saturated heterocycles. The van der Waals surface area contributed by atoms with Gasteiger partial charge in [0, 0.05) is 12.2 Å². The maximum atomic E-state index is 12.4. The van der Waals surface area contributed by atoms with E-state index in [0.717, 1.165) is 35.9 Å². The van der Waals surface area contributed by atoms with Crippen molar-refractivity contribution < 1.29 is 4.79 Å². The number of aryl methyl sites for hydroxylation is 2. The van der Waals surface area contributed by atoms with E-state index in [4.69, 9.17) is 0 Å². The van der Waals surface area contributed by atoms with Crippen molar-refractivity contribution in [2.75, 3.05) is 11.9 Å². The smallest absolute Gasteiger partial charge is 0.267 e. The summed E-state index contributed by atoms with van der Waals surface area (Å²) in [5.41, 5.74) is 4.22. The van der Waals surface area contributed by atoms with Crippen LogP contribution in [0.15, 0.2) is 18.2 Å². The van der Waals surface area contributed by atoms with Crippen molar-refractivity contribution in [2.24, 2.45) is 0 Å². The lowest BCUT2D eigenvalue weighted by atomic mass is 9.99. The zero-order valence-electron chi connectivity index (χ0n) is 11.6. The van der Waals surface area contributed by atoms with Gasteiger partial charge in [-0.2, -0.15) is 0 Å². The van der Waals surface area contributed by atoms with Gasteiger partial charge in [-0.15, -0.1) is 11.3 Å². The lowest BCUT2D eigenvalue weighted by Gasteiger charge is -2.20. The van der Waals surface area contributed by atoms with E-state index in [1.165, 1.54) is 22.5 Å². The van der Waals surface area contributed by atoms with Gasteiger partial charge in [-0.1, -0.05) is 12.1 Å². The highest BCUT2D eigenvalue weighted by Crippen LogP contribution is 2.25. The molecule has 0 aliphatic carbocycles. The summed E-state index contributed by atoms with van der Waals surface area (Å²) in [4.78, 5) is 17.4. The van der Waals surface area contributed by atoms with E-state index in [9.17, 15) is 4.79 Å². The van der Waals surface area contributed by atoms with Gasteiger partial charge in [0.15, 0.2) is 0 Å². The normalized spacial score (nSPS) is 13.9. The highest BCUT2D eigenvalue weighted by Gasteiger charge is 2.17. The Morgan fingerprint density at radius 3 is 3.00 bits per heavy atom. The second kappa shape index (κ2) is 5.34. The topological polar surface area (TPSA) is 54.0 Å². The molecule has 2 aromatic rings. The van der Waals surface area contributed by atoms with Crippen LogP contribution in [-0.4, -0.2) is 17.4 Å². The summed E-state index contributed by atoms with van der Waals surface area (Å²) in [5, 5.41) is 7.30. The molecule has 0 fully saturated rings. The van der Waals surface area contributed by atoms with Crippen LogP contribution in [0, 0.1) is 13.8 Å². The molecule has 1 aliphatic heterocycles. The molecule has 0 unspecified atom stereocenters. The molecule has 104 valence electrons. The fourth-order valence-electron chi connectivity index (χ4n) is 2.55. The molecule has 0 spiro atoms. The first-order valence-electron chi connectivity index (χ1n) is 6.72. The van der Waals surface area contributed by atoms with Crippen molar-refractivity contribution in [2.45, 2.75) is 26.8 Å². The first-order valence-corrected chi connectivity index (χ1v) is 7.53. The minimum absolute atomic E-state index is 0.0629. The molecule has 1 aromatic heterocycles. The number of amides is 1. The summed E-state index contributed by atoms with van der Waals surface area (Å²) in [7, 11) is 0. The summed E-state index contributed by atoms with van der Waals surface area (Å²) in [5.74, 6) is -0.0629. The molecule has 1 amide bonds. The first-order chi connectivity index (χ1) is 9.65. The van der Waals surface area contributed by atoms with Crippen LogP contribution in [0.5, 0.6) is 0 Å². The molecule has 2 N–H and O–H groups in total. The lowest BCUT2D eigenvalue weighted by molar-refractivity contribution is 0.102. The fraction of sp³-hybridized carbons (Fsp3) is 0.333. The Bertz CT molecular complexity index is 663. The SMILES string of the molecule is Cc1nc(C)c(C(=O)Nc2cccc3c2CNCC3)s1. The molecule has 0 radical (unpaired) electrons. The van der Waals surface area contributed by atoms with E-state index in [-0.39, 0.29) is 5.91 Å². The molecule has 4 nitrogen and oxygen atoms in total. The summed E-state index contributed by atoms with van der Waals surface area (Å²) in [6.45, 7) is 5.60. The molecular formula is C15H17N3OS. The molecule has 5 heteroatoms. The molecule has 20 heavy (non-hydrogen) atoms. The minimum atomic E-state index is -0.0629. The third-order valence-electron chi connectivity index (χ3n) is 3.50. The highest BCUT2D eigenvalue weighted by molar-refractivity contribution is 7.13. The van der Waals surface area contributed by atoms with Gasteiger partial charge in [0.1, 0.15) is 4.88 Å². The minimum Gasteiger partial charge on any atom is -0.321 e. The number of rotatable bonds is 2. The number of nitrogens with one attached hydrogen (secondary N) is 2. The highest BCUT2D eigenvalue weighted by atomic mass is 32.1. The van der Waals surface area contributed by atoms with Crippen molar-refractivity contribution in [3.05, 3.63) is 44.9 Å². The molecule has 0 atom stereocenters. The van der Waals surface area contributed by atoms with Gasteiger partial charge in [-0.25, -0.2) is 4.98 Å². The first kappa shape index (κ1) is 13.3. The number of benzene rings is 1. The second-order valence-electron chi connectivity index (χ2n) is 4.97. The van der Waals surface area contributed by atoms with Gasteiger partial charge < -0.3 is 10.6 Å². The Hall–Kier alpha value is -1.72. The Balaban J connectivity index is 1.88. The second-order valence-corrected chi connectivity index (χ2v) is 6.17. The standard InChI is InChI=1S/C15H17N3OS/c1-9-14(20-10(2)17-9)15(19)18-13-5-3-4-11-6-7-16-8-12(11)13/h3-5,16H,6-8H2,1-2H3,(H,18,19). The van der Waals surface area contributed by atoms with Gasteiger partial charge in [0.2, 0.25) is 0 Å². The van der Waals surface area contributed by atoms with Crippen molar-refractivity contribution >= 4 is 22.9 Å². The fourth-order valence-corrected chi connectivity index (χ4v) is 3.37. The quantitative estimate of drug-likeness (QED) is 0.893. The summed E-state index contributed by atoms with van der Waals surface area (Å²) >= 11 is 1.44. The number of hydrogen-bond acceptors (Lipinski definition) is 4. The van der Waals surface area contributed by atoms with E-state index in [1.54, 1.807) is 0 Å². The zero-order chi connectivity index (χ0) is 14.1. The van der Waals surface area contributed by atoms with Crippen LogP contribution in [0.3, 0.4) is 0 Å². The number of nitrogens with zero attached hydrogens (tertiary/aromatic N) is 1. The molecular weight excluding hydrogens is 270 g/mol. The molecule has 0 saturated carbocycles. The molecule has 2 heterocycles. The van der Waals surface area contributed by atoms with Crippen molar-refractivity contribution in [3.63, 3.8) is 0 Å². The Morgan fingerprint density at radius 2 is 2.25 bits per heavy atom. The van der Waals surface area contributed by atoms with Crippen LogP contribution in [0.1, 0.15) is 31.5 Å². The van der Waals surface area contributed by atoms with E-state index in [2.05, 4.69) is 21.7 Å². The van der Waals surface area contributed by atoms with Crippen LogP contribution < -0.4 is 10.6 Å². The Labute approximate surface area is 122 Å². The van der Waals surface area contributed by atoms with E-state index < -0.39 is 0 Å². The summed E-state index contributed by atoms with van der Waals surface area (Å²) in [6, 6.07) is 6.10. The van der Waals surface area contributed by atoms with Crippen LogP contribution in [-0.2, 0) is 13.0 Å². The number of fused-ring (bicyclic) bond motifs is 1. The van der Waals surface area contributed by atoms with Gasteiger partial charge >= 0.3 is 0 Å². The molecule has 1 aliphatic rings. The number of carbonyl (C=O) groups is 1. The monoisotopic (exact) mass is 287 g/mol. The zero-order valence-corrected chi connectivity index (χ0v) is 12.4. The largest absolute Gasteiger partial charge is 0.321 e. The molecule has 0 bridgehead atoms. The van der Waals surface area contributed by atoms with Crippen LogP contribution in [0.4, 0.5) is 5.69 Å². The predicted molar refractivity (Wildman–Crippen MR) is 81.4 cm³/mol. The van der Waals surface area contributed by atoms with Crippen LogP contribution in [0.2, 0.25) is 0 Å². The number of thiazole rings is 1. The average Bonchev–Trinajstić information content (AvgIpc) is 2.78. The summed E-state index contributed by atoms with van der Waals surface area (Å²) < 4.78 is 0. The predicted octanol–water partition coefficient (Wildman–Crippen LogP) is 2.66. The van der Waals surface area contributed by atoms with Crippen molar-refractivity contribution in [1.29, 1.82) is 0 Å². The number of carbonyl (C=O) groups excluding carboxylic acids is 1. The van der Waals surface area contributed by atoms with Crippen LogP contribution >= 0.6 is 11.3 Å². The van der Waals surface area contributed by atoms with E-state index in [0.29, 0.717) is 4.88 Å². The maximum Gasteiger partial charge on any atom is 0.267 e. The number of aromatic nitrogens is 1. The van der Waals surface area contributed by atoms with Gasteiger partial charge in [0.05, 0.1) is 10.7 Å². The average molecular weight is 287 g/mol. The van der Waals surface area contributed by atoms with Crippen molar-refractivity contribution in [1.82, 2.24) is 10.3 Å². The lowest BCUT2D eigenvalue weighted by Crippen LogP contribution is -2.25. The van der Waals surface area contributed by atoms with Gasteiger partial charge in [0.25, 0.3) is 5.91 Å².